The number of nitrogens with two attached hydrogens (primary N) is 1. The molecule has 2 amide bonds. The van der Waals surface area contributed by atoms with E-state index < -0.39 is 11.9 Å². The second-order valence-corrected chi connectivity index (χ2v) is 6.90. The largest absolute Gasteiger partial charge is 0.441 e. The van der Waals surface area contributed by atoms with Crippen LogP contribution in [0.1, 0.15) is 23.9 Å². The molecule has 0 aliphatic carbocycles. The molecule has 3 N–H and O–H groups in total. The van der Waals surface area contributed by atoms with Crippen LogP contribution >= 0.6 is 23.2 Å². The maximum Gasteiger partial charge on any atom is 0.244 e. The third kappa shape index (κ3) is 4.91. The van der Waals surface area contributed by atoms with Gasteiger partial charge in [0.25, 0.3) is 0 Å². The van der Waals surface area contributed by atoms with Crippen LogP contribution < -0.4 is 11.1 Å². The molecule has 1 atom stereocenters. The maximum absolute atomic E-state index is 12.2. The summed E-state index contributed by atoms with van der Waals surface area (Å²) in [6, 6.07) is 13.0. The minimum absolute atomic E-state index is 0.0882. The molecule has 28 heavy (non-hydrogen) atoms. The fourth-order valence-electron chi connectivity index (χ4n) is 2.66. The van der Waals surface area contributed by atoms with Crippen molar-refractivity contribution in [3.8, 4) is 11.3 Å². The zero-order valence-electron chi connectivity index (χ0n) is 14.7. The molecule has 0 aliphatic heterocycles. The summed E-state index contributed by atoms with van der Waals surface area (Å²) in [5, 5.41) is 3.60. The Hall–Kier alpha value is -2.83. The standard InChI is InChI=1S/C20H17Cl2N3O3/c21-13-6-7-14(15(22)10-13)16-11-24-18(28-16)9-8-17(26)25-19(20(23)27)12-4-2-1-3-5-12/h1-7,10-11,19H,8-9H2,(H2,23,27)(H,25,26)/t19-/m0/s1. The second kappa shape index (κ2) is 8.91. The number of carbonyl (C=O) groups is 2. The molecule has 3 aromatic rings. The van der Waals surface area contributed by atoms with E-state index in [4.69, 9.17) is 33.4 Å². The van der Waals surface area contributed by atoms with Crippen molar-refractivity contribution in [2.24, 2.45) is 5.73 Å². The van der Waals surface area contributed by atoms with Crippen molar-refractivity contribution in [3.05, 3.63) is 76.2 Å². The lowest BCUT2D eigenvalue weighted by atomic mass is 10.1. The van der Waals surface area contributed by atoms with Crippen LogP contribution in [0.25, 0.3) is 11.3 Å². The van der Waals surface area contributed by atoms with Gasteiger partial charge in [0.2, 0.25) is 11.8 Å². The quantitative estimate of drug-likeness (QED) is 0.608. The highest BCUT2D eigenvalue weighted by molar-refractivity contribution is 6.36. The molecule has 1 heterocycles. The molecule has 3 rings (SSSR count). The minimum Gasteiger partial charge on any atom is -0.441 e. The summed E-state index contributed by atoms with van der Waals surface area (Å²) in [5.74, 6) is -0.102. The molecule has 0 fully saturated rings. The third-order valence-corrected chi connectivity index (χ3v) is 4.59. The van der Waals surface area contributed by atoms with Gasteiger partial charge in [-0.15, -0.1) is 0 Å². The summed E-state index contributed by atoms with van der Waals surface area (Å²) in [6.45, 7) is 0. The SMILES string of the molecule is NC(=O)[C@@H](NC(=O)CCc1ncc(-c2ccc(Cl)cc2Cl)o1)c1ccccc1. The average Bonchev–Trinajstić information content (AvgIpc) is 3.13. The van der Waals surface area contributed by atoms with Gasteiger partial charge in [0, 0.05) is 23.4 Å². The van der Waals surface area contributed by atoms with Crippen LogP contribution in [0.15, 0.2) is 59.1 Å². The van der Waals surface area contributed by atoms with E-state index in [0.29, 0.717) is 32.8 Å². The second-order valence-electron chi connectivity index (χ2n) is 6.06. The first-order chi connectivity index (χ1) is 13.4. The molecular weight excluding hydrogens is 401 g/mol. The number of carbonyl (C=O) groups excluding carboxylic acids is 2. The van der Waals surface area contributed by atoms with Crippen LogP contribution in [-0.4, -0.2) is 16.8 Å². The van der Waals surface area contributed by atoms with E-state index in [1.807, 2.05) is 6.07 Å². The van der Waals surface area contributed by atoms with Crippen molar-refractivity contribution in [1.82, 2.24) is 10.3 Å². The highest BCUT2D eigenvalue weighted by atomic mass is 35.5. The van der Waals surface area contributed by atoms with Gasteiger partial charge in [-0.3, -0.25) is 9.59 Å². The summed E-state index contributed by atoms with van der Waals surface area (Å²) < 4.78 is 5.67. The van der Waals surface area contributed by atoms with Crippen molar-refractivity contribution < 1.29 is 14.0 Å². The maximum atomic E-state index is 12.2. The fraction of sp³-hybridized carbons (Fsp3) is 0.150. The number of nitrogens with zero attached hydrogens (tertiary/aromatic N) is 1. The number of hydrogen-bond acceptors (Lipinski definition) is 4. The van der Waals surface area contributed by atoms with Crippen molar-refractivity contribution >= 4 is 35.0 Å². The number of amides is 2. The zero-order chi connectivity index (χ0) is 20.1. The molecule has 2 aromatic carbocycles. The average molecular weight is 418 g/mol. The van der Waals surface area contributed by atoms with Crippen LogP contribution in [0.2, 0.25) is 10.0 Å². The molecule has 1 aromatic heterocycles. The predicted molar refractivity (Wildman–Crippen MR) is 107 cm³/mol. The van der Waals surface area contributed by atoms with Gasteiger partial charge in [-0.2, -0.15) is 0 Å². The lowest BCUT2D eigenvalue weighted by Gasteiger charge is -2.15. The molecule has 0 saturated heterocycles. The fourth-order valence-corrected chi connectivity index (χ4v) is 3.16. The first-order valence-corrected chi connectivity index (χ1v) is 9.23. The Kier molecular flexibility index (Phi) is 6.34. The zero-order valence-corrected chi connectivity index (χ0v) is 16.2. The van der Waals surface area contributed by atoms with E-state index in [2.05, 4.69) is 10.3 Å². The van der Waals surface area contributed by atoms with Crippen LogP contribution in [0.4, 0.5) is 0 Å². The predicted octanol–water partition coefficient (Wildman–Crippen LogP) is 3.92. The van der Waals surface area contributed by atoms with Crippen molar-refractivity contribution in [2.75, 3.05) is 0 Å². The van der Waals surface area contributed by atoms with Gasteiger partial charge in [0.1, 0.15) is 6.04 Å². The van der Waals surface area contributed by atoms with E-state index in [1.54, 1.807) is 48.7 Å². The molecule has 0 saturated carbocycles. The van der Waals surface area contributed by atoms with E-state index in [0.717, 1.165) is 0 Å². The Morgan fingerprint density at radius 2 is 1.89 bits per heavy atom. The van der Waals surface area contributed by atoms with Gasteiger partial charge < -0.3 is 15.5 Å². The molecule has 0 spiro atoms. The highest BCUT2D eigenvalue weighted by Crippen LogP contribution is 2.30. The molecule has 0 radical (unpaired) electrons. The summed E-state index contributed by atoms with van der Waals surface area (Å²) in [6.07, 6.45) is 1.89. The highest BCUT2D eigenvalue weighted by Gasteiger charge is 2.20. The smallest absolute Gasteiger partial charge is 0.244 e. The van der Waals surface area contributed by atoms with Gasteiger partial charge in [-0.1, -0.05) is 53.5 Å². The Balaban J connectivity index is 1.62. The summed E-state index contributed by atoms with van der Waals surface area (Å²) in [7, 11) is 0. The Labute approximate surface area is 171 Å². The molecule has 0 unspecified atom stereocenters. The van der Waals surface area contributed by atoms with Gasteiger partial charge in [-0.25, -0.2) is 4.98 Å². The lowest BCUT2D eigenvalue weighted by Crippen LogP contribution is -2.37. The number of primary amides is 1. The summed E-state index contributed by atoms with van der Waals surface area (Å²) in [4.78, 5) is 28.1. The van der Waals surface area contributed by atoms with Crippen LogP contribution in [0.5, 0.6) is 0 Å². The Bertz CT molecular complexity index is 989. The van der Waals surface area contributed by atoms with E-state index in [-0.39, 0.29) is 18.7 Å². The van der Waals surface area contributed by atoms with Crippen LogP contribution in [0.3, 0.4) is 0 Å². The number of hydrogen-bond donors (Lipinski definition) is 2. The number of aromatic nitrogens is 1. The lowest BCUT2D eigenvalue weighted by molar-refractivity contribution is -0.127. The molecule has 6 nitrogen and oxygen atoms in total. The van der Waals surface area contributed by atoms with Crippen molar-refractivity contribution in [1.29, 1.82) is 0 Å². The number of rotatable bonds is 7. The molecule has 8 heteroatoms. The first kappa shape index (κ1) is 19.9. The number of nitrogens with one attached hydrogen (secondary N) is 1. The Morgan fingerprint density at radius 1 is 1.14 bits per heavy atom. The molecule has 0 bridgehead atoms. The van der Waals surface area contributed by atoms with Crippen LogP contribution in [-0.2, 0) is 16.0 Å². The van der Waals surface area contributed by atoms with E-state index >= 15 is 0 Å². The number of halogens is 2. The van der Waals surface area contributed by atoms with Crippen molar-refractivity contribution in [2.45, 2.75) is 18.9 Å². The van der Waals surface area contributed by atoms with Gasteiger partial charge in [-0.05, 0) is 23.8 Å². The summed E-state index contributed by atoms with van der Waals surface area (Å²) in [5.41, 5.74) is 6.69. The normalized spacial score (nSPS) is 11.8. The molecule has 0 aliphatic rings. The molecular formula is C20H17Cl2N3O3. The number of oxazole rings is 1. The number of aryl methyl sites for hydroxylation is 1. The monoisotopic (exact) mass is 417 g/mol. The van der Waals surface area contributed by atoms with Crippen molar-refractivity contribution in [3.63, 3.8) is 0 Å². The topological polar surface area (TPSA) is 98.2 Å². The minimum atomic E-state index is -0.887. The first-order valence-electron chi connectivity index (χ1n) is 8.48. The van der Waals surface area contributed by atoms with Gasteiger partial charge >= 0.3 is 0 Å². The Morgan fingerprint density at radius 3 is 2.57 bits per heavy atom. The van der Waals surface area contributed by atoms with E-state index in [1.165, 1.54) is 0 Å². The molecule has 144 valence electrons. The van der Waals surface area contributed by atoms with Gasteiger partial charge in [0.05, 0.1) is 11.2 Å². The number of benzene rings is 2. The van der Waals surface area contributed by atoms with Crippen LogP contribution in [0, 0.1) is 0 Å². The van der Waals surface area contributed by atoms with E-state index in [9.17, 15) is 9.59 Å². The van der Waals surface area contributed by atoms with Gasteiger partial charge in [0.15, 0.2) is 11.7 Å². The summed E-state index contributed by atoms with van der Waals surface area (Å²) >= 11 is 12.1. The third-order valence-electron chi connectivity index (χ3n) is 4.04.